The van der Waals surface area contributed by atoms with Crippen LogP contribution in [0.4, 0.5) is 0 Å². The van der Waals surface area contributed by atoms with Crippen LogP contribution in [0, 0.1) is 11.8 Å². The molecule has 0 spiro atoms. The molecule has 1 aliphatic heterocycles. The number of primary amides is 1. The second-order valence-electron chi connectivity index (χ2n) is 11.3. The van der Waals surface area contributed by atoms with Gasteiger partial charge in [-0.3, -0.25) is 38.4 Å². The minimum absolute atomic E-state index is 0.0923. The van der Waals surface area contributed by atoms with Crippen LogP contribution in [0.2, 0.25) is 0 Å². The number of rotatable bonds is 18. The van der Waals surface area contributed by atoms with Crippen molar-refractivity contribution in [2.45, 2.75) is 84.0 Å². The highest BCUT2D eigenvalue weighted by molar-refractivity contribution is 5.96. The molecular formula is C27H46N8O9. The minimum Gasteiger partial charge on any atom is -0.480 e. The van der Waals surface area contributed by atoms with Crippen LogP contribution in [-0.4, -0.2) is 108 Å². The summed E-state index contributed by atoms with van der Waals surface area (Å²) in [5, 5.41) is 21.2. The fourth-order valence-corrected chi connectivity index (χ4v) is 4.57. The smallest absolute Gasteiger partial charge is 0.322 e. The average molecular weight is 627 g/mol. The highest BCUT2D eigenvalue weighted by Crippen LogP contribution is 2.20. The van der Waals surface area contributed by atoms with Gasteiger partial charge in [-0.15, -0.1) is 0 Å². The van der Waals surface area contributed by atoms with Crippen LogP contribution in [0.5, 0.6) is 0 Å². The zero-order valence-corrected chi connectivity index (χ0v) is 25.6. The summed E-state index contributed by atoms with van der Waals surface area (Å²) in [4.78, 5) is 100. The van der Waals surface area contributed by atoms with Crippen LogP contribution in [0.3, 0.4) is 0 Å². The zero-order chi connectivity index (χ0) is 33.6. The summed E-state index contributed by atoms with van der Waals surface area (Å²) < 4.78 is 0. The Morgan fingerprint density at radius 2 is 1.50 bits per heavy atom. The third kappa shape index (κ3) is 12.9. The molecule has 0 unspecified atom stereocenters. The fourth-order valence-electron chi connectivity index (χ4n) is 4.57. The molecule has 248 valence electrons. The fraction of sp³-hybridized carbons (Fsp3) is 0.704. The van der Waals surface area contributed by atoms with Crippen molar-refractivity contribution in [3.63, 3.8) is 0 Å². The van der Waals surface area contributed by atoms with Gasteiger partial charge in [0.1, 0.15) is 30.7 Å². The van der Waals surface area contributed by atoms with Gasteiger partial charge in [-0.25, -0.2) is 0 Å². The van der Waals surface area contributed by atoms with E-state index in [1.165, 1.54) is 4.90 Å². The number of nitrogens with two attached hydrogens (primary N) is 2. The molecule has 1 rings (SSSR count). The van der Waals surface area contributed by atoms with E-state index in [0.717, 1.165) is 0 Å². The number of hydrogen-bond acceptors (Lipinski definition) is 9. The van der Waals surface area contributed by atoms with Gasteiger partial charge in [0.2, 0.25) is 41.4 Å². The second-order valence-corrected chi connectivity index (χ2v) is 11.3. The number of carbonyl (C=O) groups excluding carboxylic acids is 7. The van der Waals surface area contributed by atoms with Crippen molar-refractivity contribution in [1.29, 1.82) is 0 Å². The minimum atomic E-state index is -1.28. The molecule has 0 aromatic heterocycles. The van der Waals surface area contributed by atoms with E-state index in [2.05, 4.69) is 26.6 Å². The number of aliphatic carboxylic acids is 1. The molecule has 1 fully saturated rings. The SMILES string of the molecule is CC(C)C[C@H](NC(=O)[C@@H](NC(=O)CNC(=O)CN)C(C)C)C(=O)N[C@@H](CCC(N)=O)C(=O)N1CCC[C@H]1C(=O)NCC(=O)O. The summed E-state index contributed by atoms with van der Waals surface area (Å²) in [5.74, 6) is -6.39. The van der Waals surface area contributed by atoms with Crippen molar-refractivity contribution in [2.75, 3.05) is 26.2 Å². The molecule has 1 heterocycles. The number of carboxylic acid groups (broad SMARTS) is 1. The number of carboxylic acids is 1. The van der Waals surface area contributed by atoms with Crippen LogP contribution in [0.15, 0.2) is 0 Å². The molecule has 0 aromatic rings. The molecule has 0 aromatic carbocycles. The monoisotopic (exact) mass is 626 g/mol. The van der Waals surface area contributed by atoms with E-state index < -0.39 is 90.5 Å². The molecule has 44 heavy (non-hydrogen) atoms. The quantitative estimate of drug-likeness (QED) is 0.0749. The average Bonchev–Trinajstić information content (AvgIpc) is 3.44. The molecule has 0 bridgehead atoms. The molecule has 0 radical (unpaired) electrons. The molecule has 0 aliphatic carbocycles. The number of nitrogens with zero attached hydrogens (tertiary/aromatic N) is 1. The number of carbonyl (C=O) groups is 8. The first-order chi connectivity index (χ1) is 20.6. The van der Waals surface area contributed by atoms with E-state index in [4.69, 9.17) is 16.6 Å². The zero-order valence-electron chi connectivity index (χ0n) is 25.6. The topological polar surface area (TPSA) is 272 Å². The van der Waals surface area contributed by atoms with Gasteiger partial charge in [0.05, 0.1) is 13.1 Å². The lowest BCUT2D eigenvalue weighted by Crippen LogP contribution is -2.59. The Bertz CT molecular complexity index is 1080. The maximum absolute atomic E-state index is 13.6. The molecule has 4 atom stereocenters. The largest absolute Gasteiger partial charge is 0.480 e. The first kappa shape index (κ1) is 37.7. The third-order valence-electron chi connectivity index (χ3n) is 6.78. The summed E-state index contributed by atoms with van der Waals surface area (Å²) in [6, 6.07) is -4.45. The van der Waals surface area contributed by atoms with Crippen LogP contribution < -0.4 is 38.1 Å². The van der Waals surface area contributed by atoms with E-state index >= 15 is 0 Å². The standard InChI is InChI=1S/C27H46N8O9/c1-14(2)10-17(33-26(43)23(15(3)4)34-21(38)12-30-20(37)11-28)24(41)32-16(7-8-19(29)36)27(44)35-9-5-6-18(35)25(42)31-13-22(39)40/h14-18,23H,5-13,28H2,1-4H3,(H2,29,36)(H,30,37)(H,31,42)(H,32,41)(H,33,43)(H,34,38)(H,39,40)/t16-,17-,18-,23-/m0/s1. The van der Waals surface area contributed by atoms with Gasteiger partial charge in [-0.2, -0.15) is 0 Å². The van der Waals surface area contributed by atoms with E-state index in [-0.39, 0.29) is 44.7 Å². The maximum atomic E-state index is 13.6. The van der Waals surface area contributed by atoms with Crippen molar-refractivity contribution in [2.24, 2.45) is 23.3 Å². The number of amides is 7. The molecular weight excluding hydrogens is 580 g/mol. The van der Waals surface area contributed by atoms with Gasteiger partial charge in [-0.05, 0) is 37.5 Å². The van der Waals surface area contributed by atoms with Gasteiger partial charge in [0, 0.05) is 13.0 Å². The van der Waals surface area contributed by atoms with Gasteiger partial charge < -0.3 is 48.1 Å². The van der Waals surface area contributed by atoms with Gasteiger partial charge in [0.15, 0.2) is 0 Å². The third-order valence-corrected chi connectivity index (χ3v) is 6.78. The molecule has 1 aliphatic rings. The molecule has 17 heteroatoms. The van der Waals surface area contributed by atoms with Crippen LogP contribution >= 0.6 is 0 Å². The predicted molar refractivity (Wildman–Crippen MR) is 156 cm³/mol. The van der Waals surface area contributed by atoms with E-state index in [1.54, 1.807) is 13.8 Å². The number of likely N-dealkylation sites (tertiary alicyclic amines) is 1. The van der Waals surface area contributed by atoms with E-state index in [1.807, 2.05) is 13.8 Å². The lowest BCUT2D eigenvalue weighted by Gasteiger charge is -2.30. The lowest BCUT2D eigenvalue weighted by atomic mass is 9.99. The van der Waals surface area contributed by atoms with Crippen LogP contribution in [-0.2, 0) is 38.4 Å². The highest BCUT2D eigenvalue weighted by atomic mass is 16.4. The van der Waals surface area contributed by atoms with Crippen molar-refractivity contribution in [3.8, 4) is 0 Å². The molecule has 17 nitrogen and oxygen atoms in total. The summed E-state index contributed by atoms with van der Waals surface area (Å²) in [6.07, 6.45) is 0.449. The van der Waals surface area contributed by atoms with Gasteiger partial charge in [0.25, 0.3) is 0 Å². The number of hydrogen-bond donors (Lipinski definition) is 8. The van der Waals surface area contributed by atoms with Gasteiger partial charge >= 0.3 is 5.97 Å². The molecule has 0 saturated carbocycles. The first-order valence-corrected chi connectivity index (χ1v) is 14.5. The van der Waals surface area contributed by atoms with Crippen LogP contribution in [0.1, 0.15) is 59.8 Å². The van der Waals surface area contributed by atoms with Crippen molar-refractivity contribution >= 4 is 47.3 Å². The van der Waals surface area contributed by atoms with Crippen molar-refractivity contribution < 1.29 is 43.5 Å². The predicted octanol–water partition coefficient (Wildman–Crippen LogP) is -3.32. The van der Waals surface area contributed by atoms with Crippen molar-refractivity contribution in [1.82, 2.24) is 31.5 Å². The highest BCUT2D eigenvalue weighted by Gasteiger charge is 2.39. The van der Waals surface area contributed by atoms with E-state index in [0.29, 0.717) is 6.42 Å². The van der Waals surface area contributed by atoms with Crippen LogP contribution in [0.25, 0.3) is 0 Å². The van der Waals surface area contributed by atoms with Crippen molar-refractivity contribution in [3.05, 3.63) is 0 Å². The summed E-state index contributed by atoms with van der Waals surface area (Å²) in [5.41, 5.74) is 10.5. The first-order valence-electron chi connectivity index (χ1n) is 14.5. The molecule has 10 N–H and O–H groups in total. The molecule has 7 amide bonds. The Hall–Kier alpha value is -4.28. The Kier molecular flexibility index (Phi) is 15.8. The Balaban J connectivity index is 3.12. The Labute approximate surface area is 255 Å². The summed E-state index contributed by atoms with van der Waals surface area (Å²) >= 11 is 0. The normalized spacial score (nSPS) is 16.4. The maximum Gasteiger partial charge on any atom is 0.322 e. The summed E-state index contributed by atoms with van der Waals surface area (Å²) in [6.45, 7) is 5.81. The van der Waals surface area contributed by atoms with E-state index in [9.17, 15) is 38.4 Å². The summed E-state index contributed by atoms with van der Waals surface area (Å²) in [7, 11) is 0. The van der Waals surface area contributed by atoms with Gasteiger partial charge in [-0.1, -0.05) is 27.7 Å². The lowest BCUT2D eigenvalue weighted by molar-refractivity contribution is -0.143. The second kappa shape index (κ2) is 18.4. The number of nitrogens with one attached hydrogen (secondary N) is 5. The Morgan fingerprint density at radius 1 is 0.864 bits per heavy atom. The Morgan fingerprint density at radius 3 is 2.05 bits per heavy atom. The molecule has 1 saturated heterocycles.